The molecular weight excluding hydrogens is 503 g/mol. The number of carbonyl (C=O) groups is 2. The van der Waals surface area contributed by atoms with E-state index in [-0.39, 0.29) is 17.8 Å². The Balaban J connectivity index is 1.28. The fourth-order valence-electron chi connectivity index (χ4n) is 4.85. The van der Waals surface area contributed by atoms with Gasteiger partial charge < -0.3 is 15.5 Å². The van der Waals surface area contributed by atoms with E-state index in [0.29, 0.717) is 35.1 Å². The number of aromatic nitrogens is 4. The minimum Gasteiger partial charge on any atom is -0.338 e. The number of nitrogens with one attached hydrogen (secondary N) is 2. The van der Waals surface area contributed by atoms with Crippen molar-refractivity contribution in [2.24, 2.45) is 13.0 Å². The van der Waals surface area contributed by atoms with Crippen molar-refractivity contribution in [3.8, 4) is 11.4 Å². The number of anilines is 1. The van der Waals surface area contributed by atoms with E-state index in [1.807, 2.05) is 12.1 Å². The Morgan fingerprint density at radius 2 is 2.00 bits per heavy atom. The number of benzene rings is 2. The summed E-state index contributed by atoms with van der Waals surface area (Å²) in [6, 6.07) is 11.4. The molecule has 2 heterocycles. The molecular formula is C27H35FN8O3. The Morgan fingerprint density at radius 3 is 2.72 bits per heavy atom. The molecule has 1 fully saturated rings. The van der Waals surface area contributed by atoms with Crippen LogP contribution >= 0.6 is 0 Å². The number of hydrogen-bond acceptors (Lipinski definition) is 7. The van der Waals surface area contributed by atoms with Crippen LogP contribution in [0.3, 0.4) is 0 Å². The molecule has 0 radical (unpaired) electrons. The summed E-state index contributed by atoms with van der Waals surface area (Å²) in [7, 11) is 4.60. The molecule has 0 bridgehead atoms. The SMILES string of the molecule is CON(C)C(=O)c1cc(NC(=O)NCCCN2CCC[C@@H](Cc3ccc(F)cc3)C2)cc(-c2nnnn2C)c1. The molecule has 12 heteroatoms. The van der Waals surface area contributed by atoms with Crippen LogP contribution in [0.25, 0.3) is 11.4 Å². The van der Waals surface area contributed by atoms with E-state index in [1.54, 1.807) is 25.2 Å². The van der Waals surface area contributed by atoms with Gasteiger partial charge in [-0.15, -0.1) is 5.10 Å². The van der Waals surface area contributed by atoms with Crippen molar-refractivity contribution in [3.05, 3.63) is 59.4 Å². The average Bonchev–Trinajstić information content (AvgIpc) is 3.37. The summed E-state index contributed by atoms with van der Waals surface area (Å²) in [6.07, 6.45) is 4.06. The lowest BCUT2D eigenvalue weighted by Crippen LogP contribution is -2.38. The lowest BCUT2D eigenvalue weighted by molar-refractivity contribution is -0.0756. The first kappa shape index (κ1) is 28.1. The number of likely N-dealkylation sites (tertiary alicyclic amines) is 1. The molecule has 0 aliphatic carbocycles. The summed E-state index contributed by atoms with van der Waals surface area (Å²) in [4.78, 5) is 32.8. The highest BCUT2D eigenvalue weighted by molar-refractivity contribution is 5.98. The van der Waals surface area contributed by atoms with Crippen LogP contribution in [0.1, 0.15) is 35.2 Å². The Bertz CT molecular complexity index is 1270. The number of hydroxylamine groups is 2. The van der Waals surface area contributed by atoms with Gasteiger partial charge in [-0.1, -0.05) is 12.1 Å². The van der Waals surface area contributed by atoms with Gasteiger partial charge in [0, 0.05) is 44.0 Å². The van der Waals surface area contributed by atoms with Crippen molar-refractivity contribution < 1.29 is 18.8 Å². The molecule has 2 aromatic carbocycles. The van der Waals surface area contributed by atoms with Crippen LogP contribution in [0.2, 0.25) is 0 Å². The van der Waals surface area contributed by atoms with Gasteiger partial charge in [-0.3, -0.25) is 9.63 Å². The molecule has 0 saturated carbocycles. The topological polar surface area (TPSA) is 118 Å². The van der Waals surface area contributed by atoms with Gasteiger partial charge in [0.05, 0.1) is 7.11 Å². The van der Waals surface area contributed by atoms with Crippen molar-refractivity contribution in [2.45, 2.75) is 25.7 Å². The standard InChI is InChI=1S/C27H35FN8O3/c1-34-25(31-32-33-34)21-15-22(26(37)35(2)39-3)17-24(16-21)30-27(38)29-11-5-13-36-12-4-6-20(18-36)14-19-7-9-23(28)10-8-19/h7-10,15-17,20H,4-6,11-14,18H2,1-3H3,(H2,29,30,38)/t20-/m0/s1. The maximum Gasteiger partial charge on any atom is 0.319 e. The monoisotopic (exact) mass is 538 g/mol. The quantitative estimate of drug-likeness (QED) is 0.301. The third-order valence-corrected chi connectivity index (χ3v) is 6.85. The summed E-state index contributed by atoms with van der Waals surface area (Å²) in [5, 5.41) is 18.3. The Labute approximate surface area is 227 Å². The number of urea groups is 1. The number of tetrazole rings is 1. The lowest BCUT2D eigenvalue weighted by Gasteiger charge is -2.32. The van der Waals surface area contributed by atoms with Crippen molar-refractivity contribution in [2.75, 3.05) is 45.7 Å². The van der Waals surface area contributed by atoms with Gasteiger partial charge in [-0.05, 0) is 91.0 Å². The van der Waals surface area contributed by atoms with Crippen LogP contribution in [0, 0.1) is 11.7 Å². The second kappa shape index (κ2) is 13.3. The lowest BCUT2D eigenvalue weighted by atomic mass is 9.91. The summed E-state index contributed by atoms with van der Waals surface area (Å²) < 4.78 is 14.7. The molecule has 1 aromatic heterocycles. The van der Waals surface area contributed by atoms with E-state index in [0.717, 1.165) is 44.0 Å². The zero-order valence-electron chi connectivity index (χ0n) is 22.6. The van der Waals surface area contributed by atoms with E-state index < -0.39 is 0 Å². The maximum atomic E-state index is 13.2. The van der Waals surface area contributed by atoms with Crippen molar-refractivity contribution in [1.82, 2.24) is 35.5 Å². The Kier molecular flexibility index (Phi) is 9.55. The third-order valence-electron chi connectivity index (χ3n) is 6.85. The molecule has 1 saturated heterocycles. The highest BCUT2D eigenvalue weighted by Crippen LogP contribution is 2.24. The Hall–Kier alpha value is -3.90. The van der Waals surface area contributed by atoms with Crippen LogP contribution in [0.4, 0.5) is 14.9 Å². The fourth-order valence-corrected chi connectivity index (χ4v) is 4.85. The summed E-state index contributed by atoms with van der Waals surface area (Å²) in [5.74, 6) is 0.416. The minimum atomic E-state index is -0.378. The molecule has 1 aliphatic rings. The van der Waals surface area contributed by atoms with Crippen molar-refractivity contribution in [1.29, 1.82) is 0 Å². The number of hydrogen-bond donors (Lipinski definition) is 2. The second-order valence-electron chi connectivity index (χ2n) is 9.78. The number of aryl methyl sites for hydroxylation is 1. The molecule has 11 nitrogen and oxygen atoms in total. The predicted octanol–water partition coefficient (Wildman–Crippen LogP) is 3.12. The Morgan fingerprint density at radius 1 is 1.21 bits per heavy atom. The summed E-state index contributed by atoms with van der Waals surface area (Å²) in [5.41, 5.74) is 2.49. The first-order chi connectivity index (χ1) is 18.8. The van der Waals surface area contributed by atoms with Gasteiger partial charge >= 0.3 is 6.03 Å². The minimum absolute atomic E-state index is 0.205. The van der Waals surface area contributed by atoms with Gasteiger partial charge in [-0.25, -0.2) is 18.9 Å². The summed E-state index contributed by atoms with van der Waals surface area (Å²) >= 11 is 0. The largest absolute Gasteiger partial charge is 0.338 e. The van der Waals surface area contributed by atoms with Crippen LogP contribution in [-0.4, -0.2) is 82.4 Å². The van der Waals surface area contributed by atoms with E-state index >= 15 is 0 Å². The normalized spacial score (nSPS) is 15.6. The third kappa shape index (κ3) is 7.80. The van der Waals surface area contributed by atoms with Crippen molar-refractivity contribution in [3.63, 3.8) is 0 Å². The predicted molar refractivity (Wildman–Crippen MR) is 144 cm³/mol. The number of nitrogens with zero attached hydrogens (tertiary/aromatic N) is 6. The zero-order valence-corrected chi connectivity index (χ0v) is 22.6. The van der Waals surface area contributed by atoms with Crippen LogP contribution in [0.5, 0.6) is 0 Å². The molecule has 1 aliphatic heterocycles. The van der Waals surface area contributed by atoms with Crippen LogP contribution in [-0.2, 0) is 18.3 Å². The van der Waals surface area contributed by atoms with Gasteiger partial charge in [0.15, 0.2) is 5.82 Å². The van der Waals surface area contributed by atoms with E-state index in [9.17, 15) is 14.0 Å². The molecule has 4 rings (SSSR count). The summed E-state index contributed by atoms with van der Waals surface area (Å²) in [6.45, 7) is 3.44. The molecule has 3 aromatic rings. The van der Waals surface area contributed by atoms with Crippen molar-refractivity contribution >= 4 is 17.6 Å². The maximum absolute atomic E-state index is 13.2. The van der Waals surface area contributed by atoms with E-state index in [4.69, 9.17) is 4.84 Å². The highest BCUT2D eigenvalue weighted by Gasteiger charge is 2.20. The zero-order chi connectivity index (χ0) is 27.8. The van der Waals surface area contributed by atoms with Gasteiger partial charge in [0.2, 0.25) is 0 Å². The fraction of sp³-hybridized carbons (Fsp3) is 0.444. The molecule has 0 unspecified atom stereocenters. The van der Waals surface area contributed by atoms with Gasteiger partial charge in [-0.2, -0.15) is 0 Å². The van der Waals surface area contributed by atoms with Crippen LogP contribution in [0.15, 0.2) is 42.5 Å². The van der Waals surface area contributed by atoms with Crippen LogP contribution < -0.4 is 10.6 Å². The molecule has 2 N–H and O–H groups in total. The number of carbonyl (C=O) groups excluding carboxylic acids is 2. The van der Waals surface area contributed by atoms with E-state index in [2.05, 4.69) is 31.1 Å². The molecule has 1 atom stereocenters. The first-order valence-electron chi connectivity index (χ1n) is 13.0. The second-order valence-corrected chi connectivity index (χ2v) is 9.78. The number of piperidine rings is 1. The van der Waals surface area contributed by atoms with E-state index in [1.165, 1.54) is 43.0 Å². The first-order valence-corrected chi connectivity index (χ1v) is 13.0. The molecule has 0 spiro atoms. The molecule has 3 amide bonds. The number of amides is 3. The smallest absolute Gasteiger partial charge is 0.319 e. The highest BCUT2D eigenvalue weighted by atomic mass is 19.1. The molecule has 39 heavy (non-hydrogen) atoms. The van der Waals surface area contributed by atoms with Gasteiger partial charge in [0.1, 0.15) is 5.82 Å². The average molecular weight is 539 g/mol. The number of halogens is 1. The van der Waals surface area contributed by atoms with Gasteiger partial charge in [0.25, 0.3) is 5.91 Å². The molecule has 208 valence electrons. The number of rotatable bonds is 10.